The quantitative estimate of drug-likeness (QED) is 0.511. The molecule has 1 aliphatic rings. The zero-order chi connectivity index (χ0) is 12.0. The molecule has 2 nitrogen and oxygen atoms in total. The Morgan fingerprint density at radius 2 is 1.81 bits per heavy atom. The summed E-state index contributed by atoms with van der Waals surface area (Å²) in [6, 6.07) is 0. The summed E-state index contributed by atoms with van der Waals surface area (Å²) in [4.78, 5) is 0.564. The molecular weight excluding hydrogens is 327 g/mol. The Morgan fingerprint density at radius 1 is 1.25 bits per heavy atom. The molecule has 1 fully saturated rings. The van der Waals surface area contributed by atoms with Gasteiger partial charge in [0.05, 0.1) is 13.2 Å². The van der Waals surface area contributed by atoms with Crippen molar-refractivity contribution in [1.29, 1.82) is 0 Å². The maximum absolute atomic E-state index is 5.67. The first-order chi connectivity index (χ1) is 7.61. The molecule has 0 aromatic rings. The summed E-state index contributed by atoms with van der Waals surface area (Å²) in [7, 11) is 0. The predicted octanol–water partition coefficient (Wildman–Crippen LogP) is 4.72. The zero-order valence-corrected chi connectivity index (χ0v) is 14.0. The van der Waals surface area contributed by atoms with E-state index in [1.165, 1.54) is 25.7 Å². The van der Waals surface area contributed by atoms with Gasteiger partial charge in [-0.05, 0) is 38.5 Å². The van der Waals surface area contributed by atoms with Crippen molar-refractivity contribution in [3.05, 3.63) is 0 Å². The van der Waals surface area contributed by atoms with Crippen LogP contribution in [0.3, 0.4) is 0 Å². The summed E-state index contributed by atoms with van der Waals surface area (Å²) in [5.74, 6) is 0. The first-order valence-corrected chi connectivity index (χ1v) is 10.9. The molecule has 0 spiro atoms. The molecule has 0 N–H and O–H groups in total. The van der Waals surface area contributed by atoms with Crippen LogP contribution in [-0.4, -0.2) is 23.3 Å². The van der Waals surface area contributed by atoms with Gasteiger partial charge >= 0.3 is 0 Å². The van der Waals surface area contributed by atoms with Crippen LogP contribution in [0, 0.1) is 0 Å². The topological polar surface area (TPSA) is 18.5 Å². The molecule has 16 heavy (non-hydrogen) atoms. The highest BCUT2D eigenvalue weighted by Crippen LogP contribution is 2.64. The molecule has 0 amide bonds. The van der Waals surface area contributed by atoms with Crippen LogP contribution >= 0.6 is 33.0 Å². The Hall–Kier alpha value is 1.40. The van der Waals surface area contributed by atoms with Gasteiger partial charge in [-0.2, -0.15) is 0 Å². The van der Waals surface area contributed by atoms with E-state index in [2.05, 4.69) is 15.9 Å². The minimum Gasteiger partial charge on any atom is -0.322 e. The van der Waals surface area contributed by atoms with Crippen molar-refractivity contribution in [2.24, 2.45) is 0 Å². The first kappa shape index (κ1) is 15.5. The predicted molar refractivity (Wildman–Crippen MR) is 80.1 cm³/mol. The largest absolute Gasteiger partial charge is 0.322 e. The summed E-state index contributed by atoms with van der Waals surface area (Å²) in [6.45, 7) is 5.24. The van der Waals surface area contributed by atoms with Crippen molar-refractivity contribution in [3.63, 3.8) is 0 Å². The van der Waals surface area contributed by atoms with Crippen molar-refractivity contribution in [3.8, 4) is 0 Å². The molecule has 0 aliphatic heterocycles. The lowest BCUT2D eigenvalue weighted by Crippen LogP contribution is -2.21. The number of hydrogen-bond acceptors (Lipinski definition) is 4. The van der Waals surface area contributed by atoms with Gasteiger partial charge in [0.25, 0.3) is 0 Å². The fourth-order valence-electron chi connectivity index (χ4n) is 1.75. The minimum atomic E-state index is -2.11. The molecule has 1 aliphatic carbocycles. The van der Waals surface area contributed by atoms with Crippen LogP contribution in [0.1, 0.15) is 39.5 Å². The molecule has 1 rings (SSSR count). The van der Waals surface area contributed by atoms with Crippen LogP contribution in [0.15, 0.2) is 0 Å². The van der Waals surface area contributed by atoms with Crippen molar-refractivity contribution in [1.82, 2.24) is 0 Å². The summed E-state index contributed by atoms with van der Waals surface area (Å²) in [5, 5.41) is 0.553. The van der Waals surface area contributed by atoms with E-state index in [4.69, 9.17) is 20.9 Å². The number of rotatable bonds is 6. The van der Waals surface area contributed by atoms with Gasteiger partial charge in [0.1, 0.15) is 0 Å². The number of halogens is 1. The highest BCUT2D eigenvalue weighted by atomic mass is 79.9. The maximum atomic E-state index is 5.67. The lowest BCUT2D eigenvalue weighted by molar-refractivity contribution is 0.280. The zero-order valence-electron chi connectivity index (χ0n) is 9.86. The van der Waals surface area contributed by atoms with Gasteiger partial charge in [-0.25, -0.2) is 0 Å². The van der Waals surface area contributed by atoms with Gasteiger partial charge in [0, 0.05) is 10.1 Å². The fraction of sp³-hybridized carbons (Fsp3) is 1.00. The third-order valence-corrected chi connectivity index (χ3v) is 9.78. The van der Waals surface area contributed by atoms with Crippen LogP contribution in [-0.2, 0) is 20.9 Å². The lowest BCUT2D eigenvalue weighted by atomic mass is 10.0. The molecular formula is C10H20BrO2PS2. The second kappa shape index (κ2) is 7.75. The van der Waals surface area contributed by atoms with Gasteiger partial charge < -0.3 is 9.05 Å². The molecule has 0 radical (unpaired) electrons. The van der Waals surface area contributed by atoms with Crippen molar-refractivity contribution >= 4 is 44.8 Å². The van der Waals surface area contributed by atoms with E-state index < -0.39 is 5.69 Å². The Morgan fingerprint density at radius 3 is 2.31 bits per heavy atom. The van der Waals surface area contributed by atoms with E-state index in [0.717, 1.165) is 0 Å². The highest BCUT2D eigenvalue weighted by Gasteiger charge is 2.31. The smallest absolute Gasteiger partial charge is 0.247 e. The molecule has 96 valence electrons. The summed E-state index contributed by atoms with van der Waals surface area (Å²) in [5.41, 5.74) is -2.11. The van der Waals surface area contributed by atoms with E-state index in [0.29, 0.717) is 23.3 Å². The first-order valence-electron chi connectivity index (χ1n) is 5.83. The minimum absolute atomic E-state index is 0.553. The average molecular weight is 347 g/mol. The van der Waals surface area contributed by atoms with E-state index in [-0.39, 0.29) is 0 Å². The van der Waals surface area contributed by atoms with Crippen LogP contribution in [0.25, 0.3) is 0 Å². The standard InChI is InChI=1S/C10H20BrO2PS2/c1-3-12-14(15,13-4-2)16-10-8-6-5-7-9(10)11/h9-10H,3-8H2,1-2H3. The molecule has 0 aromatic carbocycles. The second-order valence-corrected chi connectivity index (χ2v) is 11.3. The van der Waals surface area contributed by atoms with Crippen LogP contribution in [0.4, 0.5) is 0 Å². The molecule has 6 heteroatoms. The van der Waals surface area contributed by atoms with Gasteiger partial charge in [-0.3, -0.25) is 0 Å². The van der Waals surface area contributed by atoms with Crippen molar-refractivity contribution in [2.45, 2.75) is 49.6 Å². The van der Waals surface area contributed by atoms with E-state index in [1.807, 2.05) is 13.8 Å². The van der Waals surface area contributed by atoms with E-state index >= 15 is 0 Å². The number of hydrogen-bond donors (Lipinski definition) is 0. The molecule has 0 heterocycles. The van der Waals surface area contributed by atoms with Crippen LogP contribution < -0.4 is 0 Å². The Balaban J connectivity index is 2.55. The summed E-state index contributed by atoms with van der Waals surface area (Å²) < 4.78 is 11.3. The third kappa shape index (κ3) is 4.95. The molecule has 0 saturated heterocycles. The normalized spacial score (nSPS) is 26.9. The highest BCUT2D eigenvalue weighted by molar-refractivity contribution is 9.09. The molecule has 2 unspecified atom stereocenters. The van der Waals surface area contributed by atoms with Crippen molar-refractivity contribution in [2.75, 3.05) is 13.2 Å². The molecule has 2 atom stereocenters. The van der Waals surface area contributed by atoms with Gasteiger partial charge in [-0.15, -0.1) is 0 Å². The fourth-order valence-corrected chi connectivity index (χ4v) is 9.24. The lowest BCUT2D eigenvalue weighted by Gasteiger charge is -2.31. The van der Waals surface area contributed by atoms with Gasteiger partial charge in [0.15, 0.2) is 0 Å². The second-order valence-electron chi connectivity index (χ2n) is 3.73. The summed E-state index contributed by atoms with van der Waals surface area (Å²) in [6.07, 6.45) is 5.08. The molecule has 0 bridgehead atoms. The van der Waals surface area contributed by atoms with Crippen molar-refractivity contribution < 1.29 is 9.05 Å². The Kier molecular flexibility index (Phi) is 7.49. The van der Waals surface area contributed by atoms with E-state index in [9.17, 15) is 0 Å². The number of alkyl halides is 1. The molecule has 0 aromatic heterocycles. The Labute approximate surface area is 116 Å². The summed E-state index contributed by atoms with van der Waals surface area (Å²) >= 11 is 11.1. The molecule has 1 saturated carbocycles. The van der Waals surface area contributed by atoms with Gasteiger partial charge in [-0.1, -0.05) is 40.2 Å². The maximum Gasteiger partial charge on any atom is 0.247 e. The van der Waals surface area contributed by atoms with Crippen LogP contribution in [0.2, 0.25) is 0 Å². The van der Waals surface area contributed by atoms with Gasteiger partial charge in [0.2, 0.25) is 5.69 Å². The van der Waals surface area contributed by atoms with E-state index in [1.54, 1.807) is 11.4 Å². The third-order valence-electron chi connectivity index (χ3n) is 2.46. The monoisotopic (exact) mass is 346 g/mol. The average Bonchev–Trinajstić information content (AvgIpc) is 2.22. The Bertz CT molecular complexity index is 243. The van der Waals surface area contributed by atoms with Crippen LogP contribution in [0.5, 0.6) is 0 Å². The SMILES string of the molecule is CCOP(=S)(OCC)SC1CCCCC1Br.